The van der Waals surface area contributed by atoms with Crippen molar-refractivity contribution < 1.29 is 9.90 Å². The summed E-state index contributed by atoms with van der Waals surface area (Å²) in [5.74, 6) is -0.205. The molecule has 5 heteroatoms. The number of fused-ring (bicyclic) bond motifs is 1. The third-order valence-corrected chi connectivity index (χ3v) is 3.11. The Kier molecular flexibility index (Phi) is 3.34. The molecule has 1 atom stereocenters. The maximum absolute atomic E-state index is 11.2. The molecule has 0 saturated carbocycles. The van der Waals surface area contributed by atoms with Crippen LogP contribution in [0.5, 0.6) is 0 Å². The van der Waals surface area contributed by atoms with E-state index < -0.39 is 5.97 Å². The van der Waals surface area contributed by atoms with Crippen molar-refractivity contribution in [1.29, 1.82) is 0 Å². The lowest BCUT2D eigenvalue weighted by Crippen LogP contribution is -2.24. The Labute approximate surface area is 105 Å². The molecule has 0 aromatic carbocycles. The fraction of sp³-hybridized carbons (Fsp3) is 0.385. The van der Waals surface area contributed by atoms with Crippen molar-refractivity contribution in [3.05, 3.63) is 35.4 Å². The first-order valence-corrected chi connectivity index (χ1v) is 5.92. The first kappa shape index (κ1) is 12.6. The molecule has 0 spiro atoms. The molecule has 0 amide bonds. The van der Waals surface area contributed by atoms with Crippen LogP contribution in [0.2, 0.25) is 0 Å². The van der Waals surface area contributed by atoms with Crippen LogP contribution in [0.3, 0.4) is 0 Å². The van der Waals surface area contributed by atoms with Crippen LogP contribution in [0.4, 0.5) is 0 Å². The Bertz CT molecular complexity index is 589. The van der Waals surface area contributed by atoms with Gasteiger partial charge in [0.05, 0.1) is 5.52 Å². The molecule has 5 nitrogen and oxygen atoms in total. The highest BCUT2D eigenvalue weighted by Gasteiger charge is 2.18. The van der Waals surface area contributed by atoms with Gasteiger partial charge in [-0.1, -0.05) is 6.07 Å². The topological polar surface area (TPSA) is 66.6 Å². The maximum atomic E-state index is 11.2. The molecule has 0 saturated heterocycles. The number of carboxylic acids is 1. The summed E-state index contributed by atoms with van der Waals surface area (Å²) in [5, 5.41) is 12.3. The van der Waals surface area contributed by atoms with Crippen molar-refractivity contribution in [2.75, 3.05) is 7.05 Å². The number of hydrogen-bond acceptors (Lipinski definition) is 3. The minimum atomic E-state index is -0.985. The summed E-state index contributed by atoms with van der Waals surface area (Å²) < 4.78 is 1.91. The summed E-state index contributed by atoms with van der Waals surface area (Å²) in [6, 6.07) is 5.84. The van der Waals surface area contributed by atoms with E-state index in [0.29, 0.717) is 11.9 Å². The van der Waals surface area contributed by atoms with Crippen LogP contribution in [0.15, 0.2) is 18.2 Å². The van der Waals surface area contributed by atoms with E-state index in [4.69, 9.17) is 0 Å². The average Bonchev–Trinajstić information content (AvgIpc) is 2.69. The number of nitrogens with zero attached hydrogens (tertiary/aromatic N) is 2. The fourth-order valence-corrected chi connectivity index (χ4v) is 2.05. The van der Waals surface area contributed by atoms with Gasteiger partial charge >= 0.3 is 5.97 Å². The summed E-state index contributed by atoms with van der Waals surface area (Å²) in [4.78, 5) is 15.5. The van der Waals surface area contributed by atoms with Gasteiger partial charge in [-0.25, -0.2) is 9.78 Å². The predicted octanol–water partition coefficient (Wildman–Crippen LogP) is 1.49. The van der Waals surface area contributed by atoms with Gasteiger partial charge in [0.25, 0.3) is 0 Å². The number of aryl methyl sites for hydroxylation is 1. The zero-order valence-corrected chi connectivity index (χ0v) is 10.8. The highest BCUT2D eigenvalue weighted by Crippen LogP contribution is 2.17. The van der Waals surface area contributed by atoms with E-state index in [-0.39, 0.29) is 11.7 Å². The molecule has 0 aliphatic heterocycles. The Morgan fingerprint density at radius 1 is 1.56 bits per heavy atom. The molecule has 2 rings (SSSR count). The van der Waals surface area contributed by atoms with Gasteiger partial charge in [0, 0.05) is 18.2 Å². The number of nitrogens with one attached hydrogen (secondary N) is 1. The third kappa shape index (κ3) is 2.09. The zero-order valence-electron chi connectivity index (χ0n) is 10.8. The smallest absolute Gasteiger partial charge is 0.356 e. The van der Waals surface area contributed by atoms with Crippen LogP contribution in [0.25, 0.3) is 5.52 Å². The Balaban J connectivity index is 2.62. The van der Waals surface area contributed by atoms with Gasteiger partial charge in [-0.3, -0.25) is 0 Å². The van der Waals surface area contributed by atoms with E-state index in [2.05, 4.69) is 10.3 Å². The number of imidazole rings is 1. The van der Waals surface area contributed by atoms with Crippen molar-refractivity contribution in [1.82, 2.24) is 14.7 Å². The Morgan fingerprint density at radius 2 is 2.28 bits per heavy atom. The van der Waals surface area contributed by atoms with Crippen LogP contribution >= 0.6 is 0 Å². The van der Waals surface area contributed by atoms with Crippen molar-refractivity contribution in [3.8, 4) is 0 Å². The van der Waals surface area contributed by atoms with Crippen molar-refractivity contribution in [2.24, 2.45) is 0 Å². The lowest BCUT2D eigenvalue weighted by molar-refractivity contribution is 0.0693. The molecular weight excluding hydrogens is 230 g/mol. The molecule has 0 aliphatic carbocycles. The first-order chi connectivity index (χ1) is 8.54. The van der Waals surface area contributed by atoms with Crippen LogP contribution in [0.1, 0.15) is 28.9 Å². The number of aromatic nitrogens is 2. The number of rotatable bonds is 4. The third-order valence-electron chi connectivity index (χ3n) is 3.11. The van der Waals surface area contributed by atoms with E-state index in [0.717, 1.165) is 11.5 Å². The molecule has 1 unspecified atom stereocenters. The average molecular weight is 247 g/mol. The molecule has 2 N–H and O–H groups in total. The molecule has 0 fully saturated rings. The number of carboxylic acid groups (broad SMARTS) is 1. The van der Waals surface area contributed by atoms with Gasteiger partial charge in [-0.15, -0.1) is 0 Å². The van der Waals surface area contributed by atoms with Crippen LogP contribution in [-0.4, -0.2) is 33.6 Å². The Morgan fingerprint density at radius 3 is 2.89 bits per heavy atom. The second-order valence-corrected chi connectivity index (χ2v) is 4.46. The standard InChI is InChI=1S/C13H17N3O2/c1-8(14-3)7-11-15-12(13(17)18)10-6-4-5-9(2)16(10)11/h4-6,8,14H,7H2,1-3H3,(H,17,18). The quantitative estimate of drug-likeness (QED) is 0.859. The van der Waals surface area contributed by atoms with Gasteiger partial charge in [-0.2, -0.15) is 0 Å². The number of aromatic carboxylic acids is 1. The van der Waals surface area contributed by atoms with Gasteiger partial charge in [0.1, 0.15) is 5.82 Å². The van der Waals surface area contributed by atoms with Crippen molar-refractivity contribution in [2.45, 2.75) is 26.3 Å². The maximum Gasteiger partial charge on any atom is 0.356 e. The fourth-order valence-electron chi connectivity index (χ4n) is 2.05. The zero-order chi connectivity index (χ0) is 13.3. The highest BCUT2D eigenvalue weighted by molar-refractivity contribution is 5.93. The molecule has 96 valence electrons. The van der Waals surface area contributed by atoms with Crippen molar-refractivity contribution >= 4 is 11.5 Å². The second-order valence-electron chi connectivity index (χ2n) is 4.46. The molecule has 2 heterocycles. The van der Waals surface area contributed by atoms with E-state index in [9.17, 15) is 9.90 Å². The molecule has 0 radical (unpaired) electrons. The number of pyridine rings is 1. The Hall–Kier alpha value is -1.88. The second kappa shape index (κ2) is 4.78. The monoisotopic (exact) mass is 247 g/mol. The lowest BCUT2D eigenvalue weighted by Gasteiger charge is -2.10. The number of carbonyl (C=O) groups is 1. The first-order valence-electron chi connectivity index (χ1n) is 5.92. The summed E-state index contributed by atoms with van der Waals surface area (Å²) in [6.45, 7) is 3.99. The van der Waals surface area contributed by atoms with Crippen LogP contribution in [0, 0.1) is 6.92 Å². The normalized spacial score (nSPS) is 12.8. The van der Waals surface area contributed by atoms with E-state index >= 15 is 0 Å². The largest absolute Gasteiger partial charge is 0.476 e. The summed E-state index contributed by atoms with van der Waals surface area (Å²) >= 11 is 0. The highest BCUT2D eigenvalue weighted by atomic mass is 16.4. The SMILES string of the molecule is CNC(C)Cc1nc(C(=O)O)c2cccc(C)n12. The molecular formula is C13H17N3O2. The van der Waals surface area contributed by atoms with E-state index in [1.807, 2.05) is 37.4 Å². The van der Waals surface area contributed by atoms with Gasteiger partial charge in [0.15, 0.2) is 5.69 Å². The number of likely N-dealkylation sites (N-methyl/N-ethyl adjacent to an activating group) is 1. The van der Waals surface area contributed by atoms with Gasteiger partial charge in [-0.05, 0) is 33.0 Å². The molecule has 2 aromatic heterocycles. The predicted molar refractivity (Wildman–Crippen MR) is 69.1 cm³/mol. The molecule has 2 aromatic rings. The minimum Gasteiger partial charge on any atom is -0.476 e. The van der Waals surface area contributed by atoms with Gasteiger partial charge < -0.3 is 14.8 Å². The summed E-state index contributed by atoms with van der Waals surface area (Å²) in [6.07, 6.45) is 0.690. The molecule has 0 aliphatic rings. The van der Waals surface area contributed by atoms with Crippen molar-refractivity contribution in [3.63, 3.8) is 0 Å². The molecule has 18 heavy (non-hydrogen) atoms. The van der Waals surface area contributed by atoms with Gasteiger partial charge in [0.2, 0.25) is 0 Å². The summed E-state index contributed by atoms with van der Waals surface area (Å²) in [5.41, 5.74) is 1.77. The van der Waals surface area contributed by atoms with E-state index in [1.54, 1.807) is 6.07 Å². The lowest BCUT2D eigenvalue weighted by atomic mass is 10.2. The van der Waals surface area contributed by atoms with E-state index in [1.165, 1.54) is 0 Å². The number of hydrogen-bond donors (Lipinski definition) is 2. The minimum absolute atomic E-state index is 0.122. The van der Waals surface area contributed by atoms with Crippen LogP contribution in [-0.2, 0) is 6.42 Å². The van der Waals surface area contributed by atoms with Crippen LogP contribution < -0.4 is 5.32 Å². The summed E-state index contributed by atoms with van der Waals surface area (Å²) in [7, 11) is 1.88. The molecule has 0 bridgehead atoms.